The molecule has 0 unspecified atom stereocenters. The molecular weight excluding hydrogens is 362 g/mol. The second-order valence-corrected chi connectivity index (χ2v) is 5.95. The fraction of sp³-hybridized carbons (Fsp3) is 0.250. The molecule has 0 saturated carbocycles. The minimum Gasteiger partial charge on any atom is -0.493 e. The topological polar surface area (TPSA) is 97.0 Å². The number of carbonyl (C=O) groups excluding carboxylic acids is 3. The maximum atomic E-state index is 12.4. The van der Waals surface area contributed by atoms with E-state index in [1.165, 1.54) is 33.0 Å². The van der Waals surface area contributed by atoms with Gasteiger partial charge in [0.1, 0.15) is 6.54 Å². The Balaban J connectivity index is 2.10. The molecule has 0 aromatic heterocycles. The second kappa shape index (κ2) is 9.40. The van der Waals surface area contributed by atoms with Gasteiger partial charge in [-0.1, -0.05) is 0 Å². The summed E-state index contributed by atoms with van der Waals surface area (Å²) in [5, 5.41) is 5.37. The lowest BCUT2D eigenvalue weighted by molar-refractivity contribution is -0.120. The summed E-state index contributed by atoms with van der Waals surface area (Å²) in [6, 6.07) is 11.7. The Morgan fingerprint density at radius 1 is 0.857 bits per heavy atom. The molecule has 0 aliphatic rings. The predicted molar refractivity (Wildman–Crippen MR) is 107 cm³/mol. The van der Waals surface area contributed by atoms with E-state index in [0.717, 1.165) is 0 Å². The van der Waals surface area contributed by atoms with Gasteiger partial charge in [0, 0.05) is 37.0 Å². The van der Waals surface area contributed by atoms with Crippen LogP contribution in [0, 0.1) is 0 Å². The van der Waals surface area contributed by atoms with E-state index in [-0.39, 0.29) is 24.3 Å². The van der Waals surface area contributed by atoms with Crippen molar-refractivity contribution in [3.8, 4) is 11.5 Å². The smallest absolute Gasteiger partial charge is 0.244 e. The van der Waals surface area contributed by atoms with Crippen molar-refractivity contribution in [2.24, 2.45) is 0 Å². The molecule has 2 aromatic rings. The van der Waals surface area contributed by atoms with Gasteiger partial charge in [-0.3, -0.25) is 14.4 Å². The Kier molecular flexibility index (Phi) is 6.97. The highest BCUT2D eigenvalue weighted by molar-refractivity contribution is 6.02. The standard InChI is InChI=1S/C20H23N3O5/c1-13(24)21-15-5-7-16(8-6-15)22-20(26)12-23(14(2)25)17-9-10-18(27-3)19(11-17)28-4/h5-11H,12H2,1-4H3,(H,21,24)(H,22,26). The zero-order valence-corrected chi connectivity index (χ0v) is 16.2. The van der Waals surface area contributed by atoms with Crippen LogP contribution in [-0.4, -0.2) is 38.5 Å². The molecule has 8 nitrogen and oxygen atoms in total. The van der Waals surface area contributed by atoms with E-state index in [4.69, 9.17) is 9.47 Å². The first-order valence-corrected chi connectivity index (χ1v) is 8.51. The summed E-state index contributed by atoms with van der Waals surface area (Å²) in [6.45, 7) is 2.63. The van der Waals surface area contributed by atoms with Crippen LogP contribution in [0.2, 0.25) is 0 Å². The molecule has 0 spiro atoms. The van der Waals surface area contributed by atoms with E-state index < -0.39 is 0 Å². The zero-order valence-electron chi connectivity index (χ0n) is 16.2. The van der Waals surface area contributed by atoms with Gasteiger partial charge in [0.05, 0.1) is 14.2 Å². The molecule has 0 fully saturated rings. The summed E-state index contributed by atoms with van der Waals surface area (Å²) >= 11 is 0. The fourth-order valence-electron chi connectivity index (χ4n) is 2.56. The zero-order chi connectivity index (χ0) is 20.7. The van der Waals surface area contributed by atoms with Crippen molar-refractivity contribution in [1.29, 1.82) is 0 Å². The van der Waals surface area contributed by atoms with E-state index >= 15 is 0 Å². The monoisotopic (exact) mass is 385 g/mol. The number of hydrogen-bond donors (Lipinski definition) is 2. The molecule has 148 valence electrons. The van der Waals surface area contributed by atoms with E-state index in [2.05, 4.69) is 10.6 Å². The molecule has 2 aromatic carbocycles. The maximum absolute atomic E-state index is 12.4. The SMILES string of the molecule is COc1ccc(N(CC(=O)Nc2ccc(NC(C)=O)cc2)C(C)=O)cc1OC. The van der Waals surface area contributed by atoms with E-state index in [1.807, 2.05) is 0 Å². The van der Waals surface area contributed by atoms with Gasteiger partial charge in [-0.25, -0.2) is 0 Å². The van der Waals surface area contributed by atoms with Gasteiger partial charge in [0.15, 0.2) is 11.5 Å². The molecule has 0 bridgehead atoms. The summed E-state index contributed by atoms with van der Waals surface area (Å²) in [5.74, 6) is 0.156. The Morgan fingerprint density at radius 3 is 1.93 bits per heavy atom. The lowest BCUT2D eigenvalue weighted by Crippen LogP contribution is -2.36. The van der Waals surface area contributed by atoms with Crippen LogP contribution < -0.4 is 25.0 Å². The molecule has 2 N–H and O–H groups in total. The van der Waals surface area contributed by atoms with E-state index in [1.54, 1.807) is 42.5 Å². The minimum absolute atomic E-state index is 0.168. The van der Waals surface area contributed by atoms with Crippen LogP contribution in [-0.2, 0) is 14.4 Å². The summed E-state index contributed by atoms with van der Waals surface area (Å²) in [7, 11) is 3.02. The number of nitrogens with zero attached hydrogens (tertiary/aromatic N) is 1. The molecule has 3 amide bonds. The first kappa shape index (κ1) is 20.8. The summed E-state index contributed by atoms with van der Waals surface area (Å²) in [6.07, 6.45) is 0. The van der Waals surface area contributed by atoms with Gasteiger partial charge in [-0.2, -0.15) is 0 Å². The normalized spacial score (nSPS) is 10.0. The Morgan fingerprint density at radius 2 is 1.43 bits per heavy atom. The summed E-state index contributed by atoms with van der Waals surface area (Å²) < 4.78 is 10.4. The first-order valence-electron chi connectivity index (χ1n) is 8.51. The highest BCUT2D eigenvalue weighted by atomic mass is 16.5. The number of hydrogen-bond acceptors (Lipinski definition) is 5. The number of rotatable bonds is 7. The van der Waals surface area contributed by atoms with Gasteiger partial charge >= 0.3 is 0 Å². The molecule has 0 saturated heterocycles. The molecule has 2 rings (SSSR count). The third-order valence-corrected chi connectivity index (χ3v) is 3.85. The van der Waals surface area contributed by atoms with Crippen molar-refractivity contribution >= 4 is 34.8 Å². The molecular formula is C20H23N3O5. The van der Waals surface area contributed by atoms with Crippen molar-refractivity contribution in [3.63, 3.8) is 0 Å². The van der Waals surface area contributed by atoms with Crippen molar-refractivity contribution in [1.82, 2.24) is 0 Å². The van der Waals surface area contributed by atoms with Gasteiger partial charge < -0.3 is 25.0 Å². The average molecular weight is 385 g/mol. The lowest BCUT2D eigenvalue weighted by Gasteiger charge is -2.22. The third-order valence-electron chi connectivity index (χ3n) is 3.85. The molecule has 0 aliphatic carbocycles. The predicted octanol–water partition coefficient (Wildman–Crippen LogP) is 2.65. The molecule has 0 radical (unpaired) electrons. The van der Waals surface area contributed by atoms with Crippen molar-refractivity contribution in [2.45, 2.75) is 13.8 Å². The largest absolute Gasteiger partial charge is 0.493 e. The minimum atomic E-state index is -0.364. The van der Waals surface area contributed by atoms with Gasteiger partial charge in [0.25, 0.3) is 0 Å². The lowest BCUT2D eigenvalue weighted by atomic mass is 10.2. The molecule has 28 heavy (non-hydrogen) atoms. The van der Waals surface area contributed by atoms with Crippen LogP contribution in [0.5, 0.6) is 11.5 Å². The van der Waals surface area contributed by atoms with Crippen LogP contribution in [0.4, 0.5) is 17.1 Å². The number of carbonyl (C=O) groups is 3. The number of anilines is 3. The Bertz CT molecular complexity index is 865. The molecule has 0 heterocycles. The number of amides is 3. The van der Waals surface area contributed by atoms with Crippen molar-refractivity contribution < 1.29 is 23.9 Å². The van der Waals surface area contributed by atoms with E-state index in [9.17, 15) is 14.4 Å². The second-order valence-electron chi connectivity index (χ2n) is 5.95. The Hall–Kier alpha value is -3.55. The maximum Gasteiger partial charge on any atom is 0.244 e. The Labute approximate surface area is 163 Å². The van der Waals surface area contributed by atoms with E-state index in [0.29, 0.717) is 28.6 Å². The van der Waals surface area contributed by atoms with Crippen molar-refractivity contribution in [2.75, 3.05) is 36.3 Å². The van der Waals surface area contributed by atoms with Crippen LogP contribution in [0.1, 0.15) is 13.8 Å². The van der Waals surface area contributed by atoms with Crippen LogP contribution in [0.25, 0.3) is 0 Å². The number of nitrogens with one attached hydrogen (secondary N) is 2. The number of benzene rings is 2. The number of methoxy groups -OCH3 is 2. The molecule has 8 heteroatoms. The van der Waals surface area contributed by atoms with Crippen LogP contribution in [0.3, 0.4) is 0 Å². The van der Waals surface area contributed by atoms with Crippen LogP contribution >= 0.6 is 0 Å². The van der Waals surface area contributed by atoms with Gasteiger partial charge in [-0.05, 0) is 36.4 Å². The quantitative estimate of drug-likeness (QED) is 0.764. The highest BCUT2D eigenvalue weighted by Gasteiger charge is 2.18. The number of ether oxygens (including phenoxy) is 2. The van der Waals surface area contributed by atoms with Gasteiger partial charge in [-0.15, -0.1) is 0 Å². The summed E-state index contributed by atoms with van der Waals surface area (Å²) in [5.41, 5.74) is 1.69. The van der Waals surface area contributed by atoms with Crippen LogP contribution in [0.15, 0.2) is 42.5 Å². The van der Waals surface area contributed by atoms with Gasteiger partial charge in [0.2, 0.25) is 17.7 Å². The summed E-state index contributed by atoms with van der Waals surface area (Å²) in [4.78, 5) is 36.9. The highest BCUT2D eigenvalue weighted by Crippen LogP contribution is 2.31. The average Bonchev–Trinajstić information content (AvgIpc) is 2.66. The third kappa shape index (κ3) is 5.47. The van der Waals surface area contributed by atoms with Crippen molar-refractivity contribution in [3.05, 3.63) is 42.5 Å². The fourth-order valence-corrected chi connectivity index (χ4v) is 2.56. The first-order chi connectivity index (χ1) is 13.3. The molecule has 0 atom stereocenters. The molecule has 0 aliphatic heterocycles.